The van der Waals surface area contributed by atoms with Gasteiger partial charge in [-0.3, -0.25) is 0 Å². The summed E-state index contributed by atoms with van der Waals surface area (Å²) in [5, 5.41) is 0. The van der Waals surface area contributed by atoms with Gasteiger partial charge in [0.15, 0.2) is 0 Å². The van der Waals surface area contributed by atoms with Crippen LogP contribution in [-0.4, -0.2) is 0 Å². The van der Waals surface area contributed by atoms with Crippen molar-refractivity contribution in [3.05, 3.63) is 35.4 Å². The van der Waals surface area contributed by atoms with Crippen LogP contribution in [0.2, 0.25) is 0 Å². The molecule has 2 N–H and O–H groups in total. The quantitative estimate of drug-likeness (QED) is 0.635. The lowest BCUT2D eigenvalue weighted by atomic mass is 9.89. The van der Waals surface area contributed by atoms with E-state index in [0.29, 0.717) is 0 Å². The zero-order chi connectivity index (χ0) is 14.3. The Kier molecular flexibility index (Phi) is 6.69. The van der Waals surface area contributed by atoms with Gasteiger partial charge in [0.25, 0.3) is 0 Å². The molecule has 1 atom stereocenters. The maximum Gasteiger partial charge on any atom is 0.0385 e. The highest BCUT2D eigenvalue weighted by molar-refractivity contribution is 5.65. The third-order valence-corrected chi connectivity index (χ3v) is 4.11. The summed E-state index contributed by atoms with van der Waals surface area (Å²) in [6.07, 6.45) is 9.17. The van der Waals surface area contributed by atoms with E-state index < -0.39 is 0 Å². The Morgan fingerprint density at radius 1 is 1.26 bits per heavy atom. The van der Waals surface area contributed by atoms with Gasteiger partial charge in [-0.05, 0) is 35.4 Å². The second-order valence-corrected chi connectivity index (χ2v) is 5.38. The predicted molar refractivity (Wildman–Crippen MR) is 87.3 cm³/mol. The van der Waals surface area contributed by atoms with E-state index in [1.807, 2.05) is 6.08 Å². The van der Waals surface area contributed by atoms with Crippen molar-refractivity contribution in [2.75, 3.05) is 5.73 Å². The molecule has 0 amide bonds. The van der Waals surface area contributed by atoms with Gasteiger partial charge in [0.05, 0.1) is 0 Å². The molecule has 1 unspecified atom stereocenters. The number of rotatable bonds is 8. The summed E-state index contributed by atoms with van der Waals surface area (Å²) >= 11 is 0. The first kappa shape index (κ1) is 15.8. The highest BCUT2D eigenvalue weighted by Crippen LogP contribution is 2.27. The lowest BCUT2D eigenvalue weighted by Gasteiger charge is -2.18. The van der Waals surface area contributed by atoms with Gasteiger partial charge >= 0.3 is 0 Å². The summed E-state index contributed by atoms with van der Waals surface area (Å²) in [4.78, 5) is 0. The Hall–Kier alpha value is -1.24. The van der Waals surface area contributed by atoms with Crippen LogP contribution < -0.4 is 5.73 Å². The molecule has 106 valence electrons. The number of unbranched alkanes of at least 4 members (excludes halogenated alkanes) is 1. The normalized spacial score (nSPS) is 12.4. The molecule has 1 aromatic rings. The van der Waals surface area contributed by atoms with Crippen LogP contribution in [0.15, 0.2) is 18.7 Å². The van der Waals surface area contributed by atoms with Crippen molar-refractivity contribution in [2.24, 2.45) is 5.92 Å². The molecule has 0 radical (unpaired) electrons. The number of nitrogen functional groups attached to an aromatic ring is 1. The maximum absolute atomic E-state index is 6.35. The first-order valence-corrected chi connectivity index (χ1v) is 7.70. The Balaban J connectivity index is 2.91. The van der Waals surface area contributed by atoms with Crippen LogP contribution in [0.5, 0.6) is 0 Å². The highest BCUT2D eigenvalue weighted by Gasteiger charge is 2.12. The van der Waals surface area contributed by atoms with Crippen LogP contribution in [0.3, 0.4) is 0 Å². The average molecular weight is 259 g/mol. The van der Waals surface area contributed by atoms with Crippen molar-refractivity contribution in [1.29, 1.82) is 0 Å². The topological polar surface area (TPSA) is 26.0 Å². The molecule has 1 rings (SSSR count). The third kappa shape index (κ3) is 4.12. The SMILES string of the molecule is C=Cc1ccc(CC(CC)CCCC)c(N)c1CC. The Labute approximate surface area is 118 Å². The molecule has 0 aliphatic heterocycles. The lowest BCUT2D eigenvalue weighted by Crippen LogP contribution is -2.08. The second kappa shape index (κ2) is 8.04. The third-order valence-electron chi connectivity index (χ3n) is 4.11. The number of hydrogen-bond acceptors (Lipinski definition) is 1. The molecule has 1 nitrogen and oxygen atoms in total. The Morgan fingerprint density at radius 3 is 2.53 bits per heavy atom. The Morgan fingerprint density at radius 2 is 2.00 bits per heavy atom. The smallest absolute Gasteiger partial charge is 0.0385 e. The van der Waals surface area contributed by atoms with E-state index in [4.69, 9.17) is 5.73 Å². The summed E-state index contributed by atoms with van der Waals surface area (Å²) in [6, 6.07) is 4.37. The van der Waals surface area contributed by atoms with Crippen LogP contribution >= 0.6 is 0 Å². The molecule has 0 aliphatic rings. The minimum absolute atomic E-state index is 0.765. The molecule has 0 bridgehead atoms. The van der Waals surface area contributed by atoms with Crippen LogP contribution in [0.1, 0.15) is 63.1 Å². The fraction of sp³-hybridized carbons (Fsp3) is 0.556. The molecule has 0 spiro atoms. The van der Waals surface area contributed by atoms with Gasteiger partial charge in [0, 0.05) is 5.69 Å². The molecule has 0 saturated carbocycles. The van der Waals surface area contributed by atoms with Crippen molar-refractivity contribution in [1.82, 2.24) is 0 Å². The minimum atomic E-state index is 0.765. The second-order valence-electron chi connectivity index (χ2n) is 5.38. The van der Waals surface area contributed by atoms with Crippen LogP contribution in [0, 0.1) is 5.92 Å². The fourth-order valence-corrected chi connectivity index (χ4v) is 2.75. The Bertz CT molecular complexity index is 406. The summed E-state index contributed by atoms with van der Waals surface area (Å²) < 4.78 is 0. The van der Waals surface area contributed by atoms with Gasteiger partial charge in [-0.1, -0.05) is 71.2 Å². The van der Waals surface area contributed by atoms with E-state index >= 15 is 0 Å². The van der Waals surface area contributed by atoms with E-state index in [9.17, 15) is 0 Å². The standard InChI is InChI=1S/C18H29N/c1-5-9-10-14(6-2)13-16-12-11-15(7-3)17(8-4)18(16)19/h7,11-12,14H,3,5-6,8-10,13,19H2,1-2,4H3. The van der Waals surface area contributed by atoms with Crippen molar-refractivity contribution in [3.63, 3.8) is 0 Å². The van der Waals surface area contributed by atoms with Crippen molar-refractivity contribution < 1.29 is 0 Å². The lowest BCUT2D eigenvalue weighted by molar-refractivity contribution is 0.449. The van der Waals surface area contributed by atoms with Crippen LogP contribution in [0.4, 0.5) is 5.69 Å². The molecule has 0 aromatic heterocycles. The molecular weight excluding hydrogens is 230 g/mol. The van der Waals surface area contributed by atoms with Crippen molar-refractivity contribution in [3.8, 4) is 0 Å². The van der Waals surface area contributed by atoms with Gasteiger partial charge < -0.3 is 5.73 Å². The van der Waals surface area contributed by atoms with Crippen LogP contribution in [-0.2, 0) is 12.8 Å². The summed E-state index contributed by atoms with van der Waals surface area (Å²) in [7, 11) is 0. The summed E-state index contributed by atoms with van der Waals surface area (Å²) in [5.41, 5.74) is 11.1. The molecule has 1 heteroatoms. The first-order valence-electron chi connectivity index (χ1n) is 7.70. The summed E-state index contributed by atoms with van der Waals surface area (Å²) in [6.45, 7) is 10.6. The molecule has 0 heterocycles. The van der Waals surface area contributed by atoms with Gasteiger partial charge in [-0.25, -0.2) is 0 Å². The van der Waals surface area contributed by atoms with Crippen LogP contribution in [0.25, 0.3) is 6.08 Å². The predicted octanol–water partition coefficient (Wildman–Crippen LogP) is 5.23. The van der Waals surface area contributed by atoms with Gasteiger partial charge in [-0.15, -0.1) is 0 Å². The number of anilines is 1. The first-order chi connectivity index (χ1) is 9.17. The average Bonchev–Trinajstić information content (AvgIpc) is 2.44. The monoisotopic (exact) mass is 259 g/mol. The van der Waals surface area contributed by atoms with E-state index in [0.717, 1.165) is 24.4 Å². The zero-order valence-electron chi connectivity index (χ0n) is 12.8. The largest absolute Gasteiger partial charge is 0.398 e. The highest BCUT2D eigenvalue weighted by atomic mass is 14.6. The van der Waals surface area contributed by atoms with Gasteiger partial charge in [0.2, 0.25) is 0 Å². The maximum atomic E-state index is 6.35. The molecule has 19 heavy (non-hydrogen) atoms. The number of benzene rings is 1. The fourth-order valence-electron chi connectivity index (χ4n) is 2.75. The van der Waals surface area contributed by atoms with Crippen molar-refractivity contribution in [2.45, 2.75) is 59.3 Å². The van der Waals surface area contributed by atoms with E-state index in [1.54, 1.807) is 0 Å². The van der Waals surface area contributed by atoms with Gasteiger partial charge in [0.1, 0.15) is 0 Å². The minimum Gasteiger partial charge on any atom is -0.398 e. The summed E-state index contributed by atoms with van der Waals surface area (Å²) in [5.74, 6) is 0.765. The molecule has 0 aliphatic carbocycles. The molecule has 0 fully saturated rings. The zero-order valence-corrected chi connectivity index (χ0v) is 12.8. The molecular formula is C18H29N. The number of nitrogens with two attached hydrogens (primary N) is 1. The van der Waals surface area contributed by atoms with E-state index in [2.05, 4.69) is 39.5 Å². The van der Waals surface area contributed by atoms with E-state index in [-0.39, 0.29) is 0 Å². The number of hydrogen-bond donors (Lipinski definition) is 1. The molecule has 1 aromatic carbocycles. The van der Waals surface area contributed by atoms with Crippen molar-refractivity contribution >= 4 is 11.8 Å². The van der Waals surface area contributed by atoms with Gasteiger partial charge in [-0.2, -0.15) is 0 Å². The molecule has 0 saturated heterocycles. The van der Waals surface area contributed by atoms with E-state index in [1.165, 1.54) is 42.4 Å².